The van der Waals surface area contributed by atoms with Gasteiger partial charge < -0.3 is 24.7 Å². The minimum atomic E-state index is -2.27. The molecule has 0 heterocycles. The van der Waals surface area contributed by atoms with E-state index in [9.17, 15) is 9.59 Å². The number of hydrogen-bond donors (Lipinski definition) is 4. The molecule has 0 radical (unpaired) electrons. The second-order valence-corrected chi connectivity index (χ2v) is 1.57. The van der Waals surface area contributed by atoms with Crippen molar-refractivity contribution in [1.29, 1.82) is 0 Å². The molecule has 6 nitrogen and oxygen atoms in total. The van der Waals surface area contributed by atoms with Crippen LogP contribution in [-0.2, 0) is 9.59 Å². The molecule has 0 rings (SSSR count). The first-order valence-corrected chi connectivity index (χ1v) is 2.28. The van der Waals surface area contributed by atoms with E-state index in [-0.39, 0.29) is 158 Å². The van der Waals surface area contributed by atoms with Crippen LogP contribution in [0.25, 0.3) is 0 Å². The zero-order chi connectivity index (χ0) is 8.31. The van der Waals surface area contributed by atoms with Crippen molar-refractivity contribution in [2.24, 2.45) is 0 Å². The molecule has 4 N–H and O–H groups in total. The van der Waals surface area contributed by atoms with Gasteiger partial charge in [-0.05, 0) is 0 Å². The van der Waals surface area contributed by atoms with Crippen molar-refractivity contribution in [1.82, 2.24) is 0 Å². The Labute approximate surface area is 207 Å². The van der Waals surface area contributed by atoms with Crippen LogP contribution in [-0.4, -0.2) is 44.6 Å². The van der Waals surface area contributed by atoms with E-state index in [0.29, 0.717) is 0 Å². The summed E-state index contributed by atoms with van der Waals surface area (Å²) in [6.07, 6.45) is -4.53. The molecule has 9 heteroatoms. The fourth-order valence-electron chi connectivity index (χ4n) is 0.270. The monoisotopic (exact) mass is 270 g/mol. The average molecular weight is 270 g/mol. The first-order chi connectivity index (χ1) is 4.46. The number of aliphatic hydroxyl groups is 2. The first-order valence-electron chi connectivity index (χ1n) is 2.28. The maximum atomic E-state index is 9.77. The summed E-state index contributed by atoms with van der Waals surface area (Å²) in [7, 11) is 0. The molecule has 0 aliphatic rings. The number of carboxylic acid groups (broad SMARTS) is 2. The van der Waals surface area contributed by atoms with Gasteiger partial charge in [0.15, 0.2) is 12.2 Å². The van der Waals surface area contributed by atoms with Gasteiger partial charge in [-0.2, -0.15) is 0 Å². The maximum Gasteiger partial charge on any atom is 1.00 e. The van der Waals surface area contributed by atoms with Gasteiger partial charge in [0.05, 0.1) is 0 Å². The summed E-state index contributed by atoms with van der Waals surface area (Å²) in [6.45, 7) is 0. The van der Waals surface area contributed by atoms with Gasteiger partial charge in [-0.1, -0.05) is 0 Å². The van der Waals surface area contributed by atoms with Crippen LogP contribution in [0, 0.1) is 0 Å². The van der Waals surface area contributed by atoms with Gasteiger partial charge >= 0.3 is 166 Å². The van der Waals surface area contributed by atoms with E-state index in [4.69, 9.17) is 20.4 Å². The zero-order valence-electron chi connectivity index (χ0n) is 10.8. The molecule has 0 fully saturated rings. The normalized spacial score (nSPS) is 12.2. The molecule has 2 unspecified atom stereocenters. The third kappa shape index (κ3) is 12.0. The molecule has 0 amide bonds. The minimum Gasteiger partial charge on any atom is -1.00 e. The van der Waals surface area contributed by atoms with E-state index in [0.717, 1.165) is 0 Å². The summed E-state index contributed by atoms with van der Waals surface area (Å²) in [4.78, 5) is 19.5. The van der Waals surface area contributed by atoms with E-state index in [1.54, 1.807) is 0 Å². The number of rotatable bonds is 3. The van der Waals surface area contributed by atoms with E-state index < -0.39 is 24.1 Å². The molecular formula is C4H9K3O6. The van der Waals surface area contributed by atoms with Gasteiger partial charge in [0.2, 0.25) is 0 Å². The van der Waals surface area contributed by atoms with Crippen molar-refractivity contribution in [2.45, 2.75) is 12.2 Å². The molecule has 0 aromatic rings. The zero-order valence-corrected chi connectivity index (χ0v) is 17.1. The molecule has 0 bridgehead atoms. The fourth-order valence-corrected chi connectivity index (χ4v) is 0.270. The number of hydrogen-bond acceptors (Lipinski definition) is 4. The molecular weight excluding hydrogens is 261 g/mol. The standard InChI is InChI=1S/C4H6O6.3K.3H/c5-1(3(7)8)2(6)4(9)10;;;;;;/h1-2,5-6H,(H,7,8)(H,9,10);;;;;;/q;3*+1;3*-1. The molecule has 0 spiro atoms. The Hall–Kier alpha value is 3.77. The molecule has 0 aliphatic heterocycles. The second kappa shape index (κ2) is 13.8. The van der Waals surface area contributed by atoms with E-state index in [1.165, 1.54) is 0 Å². The van der Waals surface area contributed by atoms with E-state index in [1.807, 2.05) is 0 Å². The first kappa shape index (κ1) is 25.6. The summed E-state index contributed by atoms with van der Waals surface area (Å²) < 4.78 is 0. The van der Waals surface area contributed by atoms with Gasteiger partial charge in [0, 0.05) is 0 Å². The number of aliphatic carboxylic acids is 2. The van der Waals surface area contributed by atoms with Crippen molar-refractivity contribution >= 4 is 11.9 Å². The van der Waals surface area contributed by atoms with E-state index >= 15 is 0 Å². The molecule has 64 valence electrons. The number of aliphatic hydroxyl groups excluding tert-OH is 2. The van der Waals surface area contributed by atoms with Crippen LogP contribution in [0.5, 0.6) is 0 Å². The van der Waals surface area contributed by atoms with Crippen molar-refractivity contribution in [3.8, 4) is 0 Å². The number of carbonyl (C=O) groups is 2. The Morgan fingerprint density at radius 3 is 1.08 bits per heavy atom. The Morgan fingerprint density at radius 2 is 1.00 bits per heavy atom. The molecule has 2 atom stereocenters. The molecule has 13 heavy (non-hydrogen) atoms. The van der Waals surface area contributed by atoms with Crippen molar-refractivity contribution in [2.75, 3.05) is 0 Å². The Balaban J connectivity index is -0.0000000270. The molecule has 0 aromatic carbocycles. The van der Waals surface area contributed by atoms with Gasteiger partial charge in [-0.3, -0.25) is 0 Å². The van der Waals surface area contributed by atoms with Crippen molar-refractivity contribution in [3.05, 3.63) is 0 Å². The predicted octanol–water partition coefficient (Wildman–Crippen LogP) is -10.8. The summed E-state index contributed by atoms with van der Waals surface area (Å²) in [6, 6.07) is 0. The van der Waals surface area contributed by atoms with Crippen molar-refractivity contribution in [3.63, 3.8) is 0 Å². The summed E-state index contributed by atoms with van der Waals surface area (Å²) in [5, 5.41) is 32.5. The van der Waals surface area contributed by atoms with Crippen LogP contribution in [0.2, 0.25) is 0 Å². The summed E-state index contributed by atoms with van der Waals surface area (Å²) in [5.74, 6) is -3.54. The summed E-state index contributed by atoms with van der Waals surface area (Å²) >= 11 is 0. The van der Waals surface area contributed by atoms with Gasteiger partial charge in [0.1, 0.15) is 0 Å². The Morgan fingerprint density at radius 1 is 0.846 bits per heavy atom. The fraction of sp³-hybridized carbons (Fsp3) is 0.500. The van der Waals surface area contributed by atoms with Crippen LogP contribution in [0.1, 0.15) is 4.28 Å². The van der Waals surface area contributed by atoms with E-state index in [2.05, 4.69) is 0 Å². The van der Waals surface area contributed by atoms with Gasteiger partial charge in [-0.15, -0.1) is 0 Å². The molecule has 0 aliphatic carbocycles. The van der Waals surface area contributed by atoms with Crippen LogP contribution in [0.4, 0.5) is 0 Å². The number of carboxylic acids is 2. The van der Waals surface area contributed by atoms with Gasteiger partial charge in [-0.25, -0.2) is 9.59 Å². The molecule has 0 saturated carbocycles. The SMILES string of the molecule is O=C(O)C(O)C(O)C(=O)O.[H-].[H-].[H-].[K+].[K+].[K+]. The quantitative estimate of drug-likeness (QED) is 0.379. The minimum absolute atomic E-state index is 0. The topological polar surface area (TPSA) is 115 Å². The van der Waals surface area contributed by atoms with Crippen molar-refractivity contribution < 1.29 is 188 Å². The van der Waals surface area contributed by atoms with Crippen LogP contribution in [0.15, 0.2) is 0 Å². The van der Waals surface area contributed by atoms with Crippen LogP contribution in [0.3, 0.4) is 0 Å². The third-order valence-electron chi connectivity index (χ3n) is 0.805. The second-order valence-electron chi connectivity index (χ2n) is 1.57. The average Bonchev–Trinajstić information content (AvgIpc) is 1.84. The Bertz CT molecular complexity index is 155. The Kier molecular flexibility index (Phi) is 27.2. The molecule has 0 saturated heterocycles. The molecule has 0 aromatic heterocycles. The van der Waals surface area contributed by atoms with Crippen LogP contribution < -0.4 is 154 Å². The predicted molar refractivity (Wildman–Crippen MR) is 30.6 cm³/mol. The smallest absolute Gasteiger partial charge is 1.00 e. The summed E-state index contributed by atoms with van der Waals surface area (Å²) in [5.41, 5.74) is 0. The third-order valence-corrected chi connectivity index (χ3v) is 0.805. The maximum absolute atomic E-state index is 9.77. The van der Waals surface area contributed by atoms with Crippen LogP contribution >= 0.6 is 0 Å². The largest absolute Gasteiger partial charge is 1.00 e. The van der Waals surface area contributed by atoms with Gasteiger partial charge in [0.25, 0.3) is 0 Å².